The summed E-state index contributed by atoms with van der Waals surface area (Å²) in [5.41, 5.74) is 5.19. The Morgan fingerprint density at radius 2 is 1.70 bits per heavy atom. The van der Waals surface area contributed by atoms with Gasteiger partial charge in [-0.15, -0.1) is 0 Å². The van der Waals surface area contributed by atoms with Crippen molar-refractivity contribution in [3.8, 4) is 11.5 Å². The molecule has 0 fully saturated rings. The Morgan fingerprint density at radius 1 is 0.957 bits per heavy atom. The van der Waals surface area contributed by atoms with E-state index < -0.39 is 12.1 Å². The molecule has 0 radical (unpaired) electrons. The number of phenolic OH excluding ortho intramolecular Hbond substituents is 2. The molecule has 0 unspecified atom stereocenters. The maximum absolute atomic E-state index is 11.6. The van der Waals surface area contributed by atoms with Crippen LogP contribution in [0.2, 0.25) is 0 Å². The summed E-state index contributed by atoms with van der Waals surface area (Å²) >= 11 is 0. The number of hydrogen-bond acceptors (Lipinski definition) is 5. The minimum absolute atomic E-state index is 0.0712. The van der Waals surface area contributed by atoms with Crippen molar-refractivity contribution in [3.05, 3.63) is 54.1 Å². The molecule has 5 N–H and O–H groups in total. The third kappa shape index (κ3) is 5.12. The minimum Gasteiger partial charge on any atom is -0.504 e. The normalized spacial score (nSPS) is 9.74. The van der Waals surface area contributed by atoms with Crippen LogP contribution in [0.3, 0.4) is 0 Å². The van der Waals surface area contributed by atoms with Crippen LogP contribution in [0.15, 0.2) is 48.5 Å². The fourth-order valence-corrected chi connectivity index (χ4v) is 1.63. The summed E-state index contributed by atoms with van der Waals surface area (Å²) in [6.07, 6.45) is -0.822. The highest BCUT2D eigenvalue weighted by atomic mass is 16.6. The Kier molecular flexibility index (Phi) is 5.24. The first-order chi connectivity index (χ1) is 11.0. The van der Waals surface area contributed by atoms with Crippen molar-refractivity contribution in [3.63, 3.8) is 0 Å². The van der Waals surface area contributed by atoms with Crippen molar-refractivity contribution < 1.29 is 24.5 Å². The lowest BCUT2D eigenvalue weighted by molar-refractivity contribution is 0.135. The van der Waals surface area contributed by atoms with Gasteiger partial charge >= 0.3 is 12.1 Å². The zero-order valence-corrected chi connectivity index (χ0v) is 11.9. The van der Waals surface area contributed by atoms with Crippen LogP contribution >= 0.6 is 0 Å². The smallest absolute Gasteiger partial charge is 0.426 e. The van der Waals surface area contributed by atoms with Gasteiger partial charge in [-0.25, -0.2) is 20.4 Å². The second-order valence-corrected chi connectivity index (χ2v) is 4.47. The van der Waals surface area contributed by atoms with Crippen LogP contribution in [0.1, 0.15) is 5.56 Å². The van der Waals surface area contributed by atoms with Crippen LogP contribution < -0.4 is 16.2 Å². The Morgan fingerprint density at radius 3 is 2.39 bits per heavy atom. The first-order valence-electron chi connectivity index (χ1n) is 6.60. The highest BCUT2D eigenvalue weighted by molar-refractivity contribution is 5.90. The molecular formula is C15H15N3O5. The lowest BCUT2D eigenvalue weighted by Gasteiger charge is -2.10. The summed E-state index contributed by atoms with van der Waals surface area (Å²) in [6.45, 7) is 0.0712. The summed E-state index contributed by atoms with van der Waals surface area (Å²) in [5, 5.41) is 20.8. The van der Waals surface area contributed by atoms with Gasteiger partial charge < -0.3 is 20.3 Å². The molecule has 0 aliphatic rings. The van der Waals surface area contributed by atoms with Crippen LogP contribution in [0.5, 0.6) is 11.5 Å². The molecule has 0 saturated carbocycles. The molecule has 0 atom stereocenters. The molecule has 0 aromatic heterocycles. The average Bonchev–Trinajstić information content (AvgIpc) is 2.55. The molecule has 8 nitrogen and oxygen atoms in total. The fourth-order valence-electron chi connectivity index (χ4n) is 1.63. The van der Waals surface area contributed by atoms with Crippen molar-refractivity contribution in [2.75, 3.05) is 5.32 Å². The monoisotopic (exact) mass is 317 g/mol. The summed E-state index contributed by atoms with van der Waals surface area (Å²) in [5.74, 6) is -0.684. The summed E-state index contributed by atoms with van der Waals surface area (Å²) in [7, 11) is 0. The van der Waals surface area contributed by atoms with E-state index in [9.17, 15) is 14.7 Å². The van der Waals surface area contributed by atoms with Gasteiger partial charge in [0.1, 0.15) is 6.61 Å². The Hall–Kier alpha value is -3.42. The molecule has 23 heavy (non-hydrogen) atoms. The maximum atomic E-state index is 11.6. The molecule has 8 heteroatoms. The van der Waals surface area contributed by atoms with Gasteiger partial charge in [0.05, 0.1) is 0 Å². The third-order valence-electron chi connectivity index (χ3n) is 2.72. The SMILES string of the molecule is O=C(NNC(=O)OCc1ccccc1)Nc1ccc(O)c(O)c1. The second kappa shape index (κ2) is 7.55. The molecule has 0 heterocycles. The molecule has 0 bridgehead atoms. The Bertz CT molecular complexity index is 691. The molecule has 2 aromatic carbocycles. The summed E-state index contributed by atoms with van der Waals surface area (Å²) < 4.78 is 4.90. The van der Waals surface area contributed by atoms with Crippen LogP contribution in [0, 0.1) is 0 Å². The van der Waals surface area contributed by atoms with E-state index in [1.165, 1.54) is 12.1 Å². The highest BCUT2D eigenvalue weighted by Crippen LogP contribution is 2.27. The number of hydrogen-bond donors (Lipinski definition) is 5. The number of nitrogens with one attached hydrogen (secondary N) is 3. The van der Waals surface area contributed by atoms with Gasteiger partial charge in [-0.1, -0.05) is 30.3 Å². The molecule has 0 aliphatic heterocycles. The van der Waals surface area contributed by atoms with Gasteiger partial charge in [-0.3, -0.25) is 0 Å². The van der Waals surface area contributed by atoms with E-state index in [0.717, 1.165) is 11.6 Å². The van der Waals surface area contributed by atoms with Crippen molar-refractivity contribution in [2.45, 2.75) is 6.61 Å². The topological polar surface area (TPSA) is 120 Å². The van der Waals surface area contributed by atoms with Gasteiger partial charge in [0, 0.05) is 11.8 Å². The van der Waals surface area contributed by atoms with Crippen molar-refractivity contribution in [2.24, 2.45) is 0 Å². The van der Waals surface area contributed by atoms with Crippen molar-refractivity contribution >= 4 is 17.8 Å². The molecule has 2 aromatic rings. The zero-order valence-electron chi connectivity index (χ0n) is 11.9. The van der Waals surface area contributed by atoms with Gasteiger partial charge in [-0.05, 0) is 17.7 Å². The first kappa shape index (κ1) is 16.0. The number of phenols is 2. The summed E-state index contributed by atoms with van der Waals surface area (Å²) in [4.78, 5) is 23.0. The number of amides is 3. The van der Waals surface area contributed by atoms with Gasteiger partial charge in [0.2, 0.25) is 0 Å². The maximum Gasteiger partial charge on any atom is 0.426 e. The molecule has 120 valence electrons. The van der Waals surface area contributed by atoms with E-state index in [4.69, 9.17) is 9.84 Å². The standard InChI is InChI=1S/C15H15N3O5/c19-12-7-6-11(8-13(12)20)16-14(21)17-18-15(22)23-9-10-4-2-1-3-5-10/h1-8,19-20H,9H2,(H,18,22)(H2,16,17,21). The van der Waals surface area contributed by atoms with Crippen molar-refractivity contribution in [1.29, 1.82) is 0 Å². The number of hydrazine groups is 1. The zero-order chi connectivity index (χ0) is 16.7. The highest BCUT2D eigenvalue weighted by Gasteiger charge is 2.07. The van der Waals surface area contributed by atoms with E-state index in [0.29, 0.717) is 0 Å². The fraction of sp³-hybridized carbons (Fsp3) is 0.0667. The molecular weight excluding hydrogens is 302 g/mol. The van der Waals surface area contributed by atoms with Crippen LogP contribution in [-0.4, -0.2) is 22.3 Å². The average molecular weight is 317 g/mol. The predicted molar refractivity (Wildman–Crippen MR) is 81.7 cm³/mol. The number of urea groups is 1. The molecule has 0 spiro atoms. The quantitative estimate of drug-likeness (QED) is 0.337. The lowest BCUT2D eigenvalue weighted by Crippen LogP contribution is -2.44. The minimum atomic E-state index is -0.822. The van der Waals surface area contributed by atoms with Gasteiger partial charge in [0.15, 0.2) is 11.5 Å². The largest absolute Gasteiger partial charge is 0.504 e. The number of benzene rings is 2. The van der Waals surface area contributed by atoms with Crippen LogP contribution in [0.4, 0.5) is 15.3 Å². The molecule has 3 amide bonds. The number of rotatable bonds is 3. The Labute approximate surface area is 131 Å². The number of ether oxygens (including phenoxy) is 1. The third-order valence-corrected chi connectivity index (χ3v) is 2.72. The van der Waals surface area contributed by atoms with Crippen LogP contribution in [0.25, 0.3) is 0 Å². The molecule has 0 saturated heterocycles. The van der Waals surface area contributed by atoms with E-state index in [1.807, 2.05) is 18.2 Å². The first-order valence-corrected chi connectivity index (χ1v) is 6.60. The van der Waals surface area contributed by atoms with E-state index in [-0.39, 0.29) is 23.8 Å². The molecule has 2 rings (SSSR count). The van der Waals surface area contributed by atoms with Crippen LogP contribution in [-0.2, 0) is 11.3 Å². The van der Waals surface area contributed by atoms with E-state index >= 15 is 0 Å². The number of anilines is 1. The predicted octanol–water partition coefficient (Wildman–Crippen LogP) is 2.06. The molecule has 0 aliphatic carbocycles. The van der Waals surface area contributed by atoms with Crippen molar-refractivity contribution in [1.82, 2.24) is 10.9 Å². The van der Waals surface area contributed by atoms with E-state index in [1.54, 1.807) is 12.1 Å². The number of aromatic hydroxyl groups is 2. The number of carbonyl (C=O) groups excluding carboxylic acids is 2. The number of carbonyl (C=O) groups is 2. The van der Waals surface area contributed by atoms with Gasteiger partial charge in [-0.2, -0.15) is 0 Å². The Balaban J connectivity index is 1.73. The summed E-state index contributed by atoms with van der Waals surface area (Å²) in [6, 6.07) is 12.1. The second-order valence-electron chi connectivity index (χ2n) is 4.47. The lowest BCUT2D eigenvalue weighted by atomic mass is 10.2. The van der Waals surface area contributed by atoms with Gasteiger partial charge in [0.25, 0.3) is 0 Å². The van der Waals surface area contributed by atoms with E-state index in [2.05, 4.69) is 16.2 Å².